The van der Waals surface area contributed by atoms with Crippen molar-refractivity contribution in [2.24, 2.45) is 5.41 Å². The lowest BCUT2D eigenvalue weighted by molar-refractivity contribution is -0.00771. The molecule has 0 aromatic carbocycles. The molecule has 1 aliphatic heterocycles. The van der Waals surface area contributed by atoms with Gasteiger partial charge in [-0.1, -0.05) is 20.8 Å². The third kappa shape index (κ3) is 8.82. The van der Waals surface area contributed by atoms with Crippen LogP contribution in [0.1, 0.15) is 20.8 Å². The van der Waals surface area contributed by atoms with Crippen LogP contribution in [-0.2, 0) is 14.2 Å². The zero-order chi connectivity index (χ0) is 18.7. The van der Waals surface area contributed by atoms with Crippen LogP contribution in [0.15, 0.2) is 0 Å². The van der Waals surface area contributed by atoms with Crippen LogP contribution in [0.25, 0.3) is 0 Å². The summed E-state index contributed by atoms with van der Waals surface area (Å²) < 4.78 is 16.0. The van der Waals surface area contributed by atoms with Gasteiger partial charge < -0.3 is 29.3 Å². The Balaban J connectivity index is 2.14. The van der Waals surface area contributed by atoms with Gasteiger partial charge in [0.2, 0.25) is 0 Å². The molecule has 8 nitrogen and oxygen atoms in total. The van der Waals surface area contributed by atoms with Gasteiger partial charge in [-0.25, -0.2) is 4.79 Å². The topological polar surface area (TPSA) is 91.7 Å². The fourth-order valence-electron chi connectivity index (χ4n) is 2.81. The zero-order valence-electron chi connectivity index (χ0n) is 15.8. The normalized spacial score (nSPS) is 19.4. The smallest absolute Gasteiger partial charge is 0.407 e. The second kappa shape index (κ2) is 11.6. The molecule has 25 heavy (non-hydrogen) atoms. The fraction of sp³-hybridized carbons (Fsp3) is 0.941. The van der Waals surface area contributed by atoms with E-state index in [1.165, 1.54) is 0 Å². The van der Waals surface area contributed by atoms with Gasteiger partial charge in [0.15, 0.2) is 0 Å². The van der Waals surface area contributed by atoms with Crippen LogP contribution in [0.5, 0.6) is 0 Å². The average molecular weight is 362 g/mol. The average Bonchev–Trinajstić information content (AvgIpc) is 2.55. The molecular weight excluding hydrogens is 328 g/mol. The number of carbonyl (C=O) groups is 1. The molecular formula is C17H34N2O6. The maximum atomic E-state index is 11.4. The third-order valence-electron chi connectivity index (χ3n) is 4.24. The van der Waals surface area contributed by atoms with Crippen LogP contribution in [0.2, 0.25) is 0 Å². The quantitative estimate of drug-likeness (QED) is 0.524. The minimum atomic E-state index is -0.837. The van der Waals surface area contributed by atoms with Crippen molar-refractivity contribution in [3.8, 4) is 0 Å². The van der Waals surface area contributed by atoms with Gasteiger partial charge in [-0.2, -0.15) is 0 Å². The van der Waals surface area contributed by atoms with E-state index in [0.29, 0.717) is 46.2 Å². The van der Waals surface area contributed by atoms with Crippen LogP contribution < -0.4 is 0 Å². The van der Waals surface area contributed by atoms with E-state index in [1.54, 1.807) is 4.90 Å². The molecule has 0 bridgehead atoms. The highest BCUT2D eigenvalue weighted by atomic mass is 16.5. The predicted octanol–water partition coefficient (Wildman–Crippen LogP) is 0.739. The molecule has 0 aromatic rings. The van der Waals surface area contributed by atoms with Gasteiger partial charge in [-0.15, -0.1) is 0 Å². The Kier molecular flexibility index (Phi) is 10.3. The van der Waals surface area contributed by atoms with Gasteiger partial charge >= 0.3 is 6.09 Å². The molecule has 0 aliphatic carbocycles. The number of rotatable bonds is 11. The van der Waals surface area contributed by atoms with Crippen molar-refractivity contribution in [1.82, 2.24) is 9.80 Å². The van der Waals surface area contributed by atoms with Gasteiger partial charge in [0, 0.05) is 26.2 Å². The zero-order valence-corrected chi connectivity index (χ0v) is 15.8. The lowest BCUT2D eigenvalue weighted by Crippen LogP contribution is -2.59. The second-order valence-corrected chi connectivity index (χ2v) is 7.22. The van der Waals surface area contributed by atoms with Crippen molar-refractivity contribution in [1.29, 1.82) is 0 Å². The second-order valence-electron chi connectivity index (χ2n) is 7.22. The summed E-state index contributed by atoms with van der Waals surface area (Å²) in [6, 6.07) is -0.0130. The van der Waals surface area contributed by atoms with Crippen LogP contribution in [0.4, 0.5) is 4.79 Å². The summed E-state index contributed by atoms with van der Waals surface area (Å²) in [5, 5.41) is 17.9. The Morgan fingerprint density at radius 3 is 2.08 bits per heavy atom. The highest BCUT2D eigenvalue weighted by Crippen LogP contribution is 2.27. The SMILES string of the molecule is CC(C)(C)C1CN(CCOCCOCCOCCO)CCN1C(=O)O. The number of hydrogen-bond acceptors (Lipinski definition) is 6. The molecule has 2 N–H and O–H groups in total. The largest absolute Gasteiger partial charge is 0.465 e. The van der Waals surface area contributed by atoms with Crippen molar-refractivity contribution in [3.63, 3.8) is 0 Å². The first kappa shape index (κ1) is 22.1. The Bertz CT molecular complexity index is 375. The Hall–Kier alpha value is -0.930. The Labute approximate surface area is 150 Å². The molecule has 1 atom stereocenters. The third-order valence-corrected chi connectivity index (χ3v) is 4.24. The van der Waals surface area contributed by atoms with Gasteiger partial charge in [-0.3, -0.25) is 4.90 Å². The van der Waals surface area contributed by atoms with E-state index in [1.807, 2.05) is 0 Å². The summed E-state index contributed by atoms with van der Waals surface area (Å²) in [6.07, 6.45) is -0.837. The van der Waals surface area contributed by atoms with Crippen molar-refractivity contribution in [2.45, 2.75) is 26.8 Å². The number of amides is 1. The Morgan fingerprint density at radius 1 is 1.00 bits per heavy atom. The van der Waals surface area contributed by atoms with Crippen molar-refractivity contribution in [2.75, 3.05) is 72.4 Å². The van der Waals surface area contributed by atoms with E-state index in [4.69, 9.17) is 19.3 Å². The molecule has 1 heterocycles. The number of carboxylic acid groups (broad SMARTS) is 1. The summed E-state index contributed by atoms with van der Waals surface area (Å²) in [7, 11) is 0. The first-order valence-electron chi connectivity index (χ1n) is 8.92. The molecule has 148 valence electrons. The van der Waals surface area contributed by atoms with E-state index in [0.717, 1.165) is 19.6 Å². The van der Waals surface area contributed by atoms with Crippen molar-refractivity contribution in [3.05, 3.63) is 0 Å². The van der Waals surface area contributed by atoms with Gasteiger partial charge in [0.25, 0.3) is 0 Å². The molecule has 1 rings (SSSR count). The van der Waals surface area contributed by atoms with Gasteiger partial charge in [0.05, 0.1) is 52.3 Å². The van der Waals surface area contributed by atoms with Gasteiger partial charge in [0.1, 0.15) is 0 Å². The number of ether oxygens (including phenoxy) is 3. The number of nitrogens with zero attached hydrogens (tertiary/aromatic N) is 2. The molecule has 8 heteroatoms. The number of aliphatic hydroxyl groups is 1. The maximum Gasteiger partial charge on any atom is 0.407 e. The molecule has 0 spiro atoms. The standard InChI is InChI=1S/C17H34N2O6/c1-17(2,3)15-14-18(4-5-19(15)16(21)22)6-8-23-10-12-25-13-11-24-9-7-20/h15,20H,4-14H2,1-3H3,(H,21,22). The van der Waals surface area contributed by atoms with E-state index < -0.39 is 6.09 Å². The number of piperazine rings is 1. The summed E-state index contributed by atoms with van der Waals surface area (Å²) in [6.45, 7) is 12.0. The van der Waals surface area contributed by atoms with E-state index in [2.05, 4.69) is 25.7 Å². The first-order chi connectivity index (χ1) is 11.9. The summed E-state index contributed by atoms with van der Waals surface area (Å²) in [5.41, 5.74) is -0.0934. The lowest BCUT2D eigenvalue weighted by atomic mass is 9.84. The minimum absolute atomic E-state index is 0.0130. The van der Waals surface area contributed by atoms with E-state index >= 15 is 0 Å². The predicted molar refractivity (Wildman–Crippen MR) is 94.0 cm³/mol. The monoisotopic (exact) mass is 362 g/mol. The van der Waals surface area contributed by atoms with Crippen LogP contribution >= 0.6 is 0 Å². The van der Waals surface area contributed by atoms with Crippen LogP contribution in [0.3, 0.4) is 0 Å². The van der Waals surface area contributed by atoms with Crippen LogP contribution in [0, 0.1) is 5.41 Å². The van der Waals surface area contributed by atoms with Crippen molar-refractivity contribution >= 4 is 6.09 Å². The Morgan fingerprint density at radius 2 is 1.56 bits per heavy atom. The fourth-order valence-corrected chi connectivity index (χ4v) is 2.81. The first-order valence-corrected chi connectivity index (χ1v) is 8.92. The summed E-state index contributed by atoms with van der Waals surface area (Å²) in [4.78, 5) is 15.2. The molecule has 1 saturated heterocycles. The minimum Gasteiger partial charge on any atom is -0.465 e. The van der Waals surface area contributed by atoms with Crippen molar-refractivity contribution < 1.29 is 29.2 Å². The van der Waals surface area contributed by atoms with Gasteiger partial charge in [-0.05, 0) is 5.41 Å². The number of hydrogen-bond donors (Lipinski definition) is 2. The van der Waals surface area contributed by atoms with E-state index in [9.17, 15) is 9.90 Å². The molecule has 1 unspecified atom stereocenters. The summed E-state index contributed by atoms with van der Waals surface area (Å²) >= 11 is 0. The van der Waals surface area contributed by atoms with E-state index in [-0.39, 0.29) is 18.1 Å². The molecule has 0 radical (unpaired) electrons. The molecule has 0 aromatic heterocycles. The maximum absolute atomic E-state index is 11.4. The highest BCUT2D eigenvalue weighted by Gasteiger charge is 2.37. The highest BCUT2D eigenvalue weighted by molar-refractivity contribution is 5.65. The molecule has 1 fully saturated rings. The molecule has 1 amide bonds. The van der Waals surface area contributed by atoms with Crippen LogP contribution in [-0.4, -0.2) is 105 Å². The number of aliphatic hydroxyl groups excluding tert-OH is 1. The molecule has 1 aliphatic rings. The summed E-state index contributed by atoms with van der Waals surface area (Å²) in [5.74, 6) is 0. The molecule has 0 saturated carbocycles. The lowest BCUT2D eigenvalue weighted by Gasteiger charge is -2.46.